The van der Waals surface area contributed by atoms with Crippen molar-refractivity contribution in [3.8, 4) is 5.75 Å². The third kappa shape index (κ3) is 2.86. The largest absolute Gasteiger partial charge is 0.495 e. The maximum Gasteiger partial charge on any atom is 0.271 e. The zero-order chi connectivity index (χ0) is 16.3. The van der Waals surface area contributed by atoms with Crippen molar-refractivity contribution < 1.29 is 18.1 Å². The highest BCUT2D eigenvalue weighted by Crippen LogP contribution is 2.31. The highest BCUT2D eigenvalue weighted by molar-refractivity contribution is 7.93. The zero-order valence-electron chi connectivity index (χ0n) is 12.0. The van der Waals surface area contributed by atoms with Crippen LogP contribution in [0.4, 0.5) is 11.4 Å². The number of hydrogen-bond acceptors (Lipinski definition) is 5. The van der Waals surface area contributed by atoms with Crippen LogP contribution in [0.15, 0.2) is 53.4 Å². The van der Waals surface area contributed by atoms with Gasteiger partial charge in [0.1, 0.15) is 10.6 Å². The molecule has 0 radical (unpaired) electrons. The van der Waals surface area contributed by atoms with Crippen LogP contribution < -0.4 is 9.04 Å². The molecule has 116 valence electrons. The molecule has 8 heteroatoms. The van der Waals surface area contributed by atoms with Gasteiger partial charge in [-0.05, 0) is 18.2 Å². The van der Waals surface area contributed by atoms with E-state index in [2.05, 4.69) is 0 Å². The number of nitrogens with zero attached hydrogens (tertiary/aromatic N) is 2. The predicted molar refractivity (Wildman–Crippen MR) is 81.7 cm³/mol. The van der Waals surface area contributed by atoms with E-state index in [1.807, 2.05) is 0 Å². The number of sulfonamides is 1. The van der Waals surface area contributed by atoms with Crippen molar-refractivity contribution in [3.63, 3.8) is 0 Å². The average molecular weight is 322 g/mol. The van der Waals surface area contributed by atoms with Crippen LogP contribution >= 0.6 is 0 Å². The van der Waals surface area contributed by atoms with Crippen LogP contribution in [-0.2, 0) is 10.0 Å². The Balaban J connectivity index is 2.57. The van der Waals surface area contributed by atoms with Crippen LogP contribution in [0.3, 0.4) is 0 Å². The number of para-hydroxylation sites is 1. The second-order valence-corrected chi connectivity index (χ2v) is 6.34. The van der Waals surface area contributed by atoms with E-state index in [1.54, 1.807) is 30.3 Å². The molecule has 0 unspecified atom stereocenters. The maximum absolute atomic E-state index is 12.7. The normalized spacial score (nSPS) is 11.0. The number of nitro groups is 1. The van der Waals surface area contributed by atoms with Crippen LogP contribution in [0.1, 0.15) is 0 Å². The minimum atomic E-state index is -3.99. The number of rotatable bonds is 5. The monoisotopic (exact) mass is 322 g/mol. The van der Waals surface area contributed by atoms with Crippen molar-refractivity contribution in [3.05, 3.63) is 58.6 Å². The first-order valence-electron chi connectivity index (χ1n) is 6.24. The van der Waals surface area contributed by atoms with Crippen LogP contribution in [0.5, 0.6) is 5.75 Å². The van der Waals surface area contributed by atoms with Gasteiger partial charge in [0, 0.05) is 19.2 Å². The SMILES string of the molecule is COc1ccc([N+](=O)[O-])cc1S(=O)(=O)N(C)c1ccccc1. The molecule has 2 rings (SSSR count). The van der Waals surface area contributed by atoms with Gasteiger partial charge in [0.15, 0.2) is 0 Å². The van der Waals surface area contributed by atoms with E-state index < -0.39 is 14.9 Å². The Morgan fingerprint density at radius 2 is 1.77 bits per heavy atom. The molecule has 0 spiro atoms. The van der Waals surface area contributed by atoms with Crippen LogP contribution in [-0.4, -0.2) is 27.5 Å². The lowest BCUT2D eigenvalue weighted by Gasteiger charge is -2.20. The van der Waals surface area contributed by atoms with Crippen molar-refractivity contribution >= 4 is 21.4 Å². The minimum absolute atomic E-state index is 0.0494. The van der Waals surface area contributed by atoms with Gasteiger partial charge in [-0.3, -0.25) is 14.4 Å². The summed E-state index contributed by atoms with van der Waals surface area (Å²) < 4.78 is 31.5. The van der Waals surface area contributed by atoms with Gasteiger partial charge >= 0.3 is 0 Å². The Hall–Kier alpha value is -2.61. The number of benzene rings is 2. The lowest BCUT2D eigenvalue weighted by Crippen LogP contribution is -2.27. The Morgan fingerprint density at radius 1 is 1.14 bits per heavy atom. The summed E-state index contributed by atoms with van der Waals surface area (Å²) in [4.78, 5) is 9.97. The van der Waals surface area contributed by atoms with E-state index in [4.69, 9.17) is 4.74 Å². The summed E-state index contributed by atoms with van der Waals surface area (Å²) in [7, 11) is -1.30. The number of ether oxygens (including phenoxy) is 1. The molecule has 0 bridgehead atoms. The van der Waals surface area contributed by atoms with E-state index in [0.29, 0.717) is 5.69 Å². The molecule has 0 aliphatic rings. The first-order valence-corrected chi connectivity index (χ1v) is 7.68. The van der Waals surface area contributed by atoms with Crippen molar-refractivity contribution in [1.29, 1.82) is 0 Å². The lowest BCUT2D eigenvalue weighted by atomic mass is 10.3. The van der Waals surface area contributed by atoms with Gasteiger partial charge in [-0.15, -0.1) is 0 Å². The number of non-ortho nitro benzene ring substituents is 1. The van der Waals surface area contributed by atoms with Gasteiger partial charge < -0.3 is 4.74 Å². The van der Waals surface area contributed by atoms with E-state index in [9.17, 15) is 18.5 Å². The molecular weight excluding hydrogens is 308 g/mol. The van der Waals surface area contributed by atoms with Crippen LogP contribution in [0, 0.1) is 10.1 Å². The molecule has 0 atom stereocenters. The fraction of sp³-hybridized carbons (Fsp3) is 0.143. The molecule has 7 nitrogen and oxygen atoms in total. The van der Waals surface area contributed by atoms with Crippen molar-refractivity contribution in [1.82, 2.24) is 0 Å². The van der Waals surface area contributed by atoms with E-state index in [1.165, 1.54) is 26.3 Å². The second kappa shape index (κ2) is 6.02. The first kappa shape index (κ1) is 15.8. The van der Waals surface area contributed by atoms with Crippen molar-refractivity contribution in [2.75, 3.05) is 18.5 Å². The van der Waals surface area contributed by atoms with Crippen LogP contribution in [0.25, 0.3) is 0 Å². The Kier molecular flexibility index (Phi) is 4.32. The molecule has 0 aliphatic heterocycles. The highest BCUT2D eigenvalue weighted by Gasteiger charge is 2.27. The lowest BCUT2D eigenvalue weighted by molar-refractivity contribution is -0.385. The fourth-order valence-electron chi connectivity index (χ4n) is 1.90. The number of hydrogen-bond donors (Lipinski definition) is 0. The summed E-state index contributed by atoms with van der Waals surface area (Å²) in [6, 6.07) is 11.9. The van der Waals surface area contributed by atoms with Gasteiger partial charge in [0.05, 0.1) is 17.7 Å². The van der Waals surface area contributed by atoms with Gasteiger partial charge in [-0.1, -0.05) is 18.2 Å². The summed E-state index contributed by atoms with van der Waals surface area (Å²) in [5.74, 6) is 0.0494. The third-order valence-corrected chi connectivity index (χ3v) is 4.92. The molecule has 0 heterocycles. The second-order valence-electron chi connectivity index (χ2n) is 4.40. The number of methoxy groups -OCH3 is 1. The smallest absolute Gasteiger partial charge is 0.271 e. The van der Waals surface area contributed by atoms with Crippen LogP contribution in [0.2, 0.25) is 0 Å². The summed E-state index contributed by atoms with van der Waals surface area (Å²) in [6.07, 6.45) is 0. The summed E-state index contributed by atoms with van der Waals surface area (Å²) >= 11 is 0. The Bertz CT molecular complexity index is 790. The Labute approximate surface area is 128 Å². The summed E-state index contributed by atoms with van der Waals surface area (Å²) in [5.41, 5.74) is 0.122. The van der Waals surface area contributed by atoms with Crippen molar-refractivity contribution in [2.24, 2.45) is 0 Å². The minimum Gasteiger partial charge on any atom is -0.495 e. The standard InChI is InChI=1S/C14H14N2O5S/c1-15(11-6-4-3-5-7-11)22(19,20)14-10-12(16(17)18)8-9-13(14)21-2/h3-10H,1-2H3. The van der Waals surface area contributed by atoms with Crippen molar-refractivity contribution in [2.45, 2.75) is 4.90 Å². The molecule has 0 saturated heterocycles. The molecule has 0 fully saturated rings. The van der Waals surface area contributed by atoms with E-state index >= 15 is 0 Å². The first-order chi connectivity index (χ1) is 10.4. The quantitative estimate of drug-likeness (QED) is 0.623. The molecule has 0 aliphatic carbocycles. The maximum atomic E-state index is 12.7. The predicted octanol–water partition coefficient (Wildman–Crippen LogP) is 2.43. The highest BCUT2D eigenvalue weighted by atomic mass is 32.2. The van der Waals surface area contributed by atoms with Gasteiger partial charge in [-0.2, -0.15) is 0 Å². The third-order valence-electron chi connectivity index (χ3n) is 3.12. The van der Waals surface area contributed by atoms with E-state index in [-0.39, 0.29) is 16.3 Å². The molecular formula is C14H14N2O5S. The fourth-order valence-corrected chi connectivity index (χ4v) is 3.27. The molecule has 2 aromatic carbocycles. The van der Waals surface area contributed by atoms with Gasteiger partial charge in [0.2, 0.25) is 0 Å². The molecule has 22 heavy (non-hydrogen) atoms. The molecule has 0 aromatic heterocycles. The zero-order valence-corrected chi connectivity index (χ0v) is 12.8. The van der Waals surface area contributed by atoms with E-state index in [0.717, 1.165) is 10.4 Å². The van der Waals surface area contributed by atoms with Gasteiger partial charge in [0.25, 0.3) is 15.7 Å². The molecule has 0 amide bonds. The summed E-state index contributed by atoms with van der Waals surface area (Å²) in [6.45, 7) is 0. The Morgan fingerprint density at radius 3 is 2.32 bits per heavy atom. The number of nitro benzene ring substituents is 1. The number of anilines is 1. The average Bonchev–Trinajstić information content (AvgIpc) is 2.54. The topological polar surface area (TPSA) is 89.7 Å². The van der Waals surface area contributed by atoms with Gasteiger partial charge in [-0.25, -0.2) is 8.42 Å². The molecule has 2 aromatic rings. The molecule has 0 saturated carbocycles. The summed E-state index contributed by atoms with van der Waals surface area (Å²) in [5, 5.41) is 10.9. The molecule has 0 N–H and O–H groups in total.